The molecule has 0 N–H and O–H groups in total. The maximum atomic E-state index is 3.49. The Labute approximate surface area is 132 Å². The van der Waals surface area contributed by atoms with E-state index in [-0.39, 0.29) is 51.0 Å². The van der Waals surface area contributed by atoms with Gasteiger partial charge >= 0.3 is 26.2 Å². The molecule has 1 aliphatic rings. The van der Waals surface area contributed by atoms with Crippen LogP contribution in [0.25, 0.3) is 0 Å². The molecule has 0 fully saturated rings. The third-order valence-corrected chi connectivity index (χ3v) is 3.35. The van der Waals surface area contributed by atoms with Gasteiger partial charge in [0.2, 0.25) is 0 Å². The molecule has 0 heterocycles. The van der Waals surface area contributed by atoms with Crippen molar-refractivity contribution in [1.29, 1.82) is 0 Å². The molecule has 0 bridgehead atoms. The molecule has 0 spiro atoms. The molecule has 0 saturated carbocycles. The number of hydrogen-bond acceptors (Lipinski definition) is 0. The summed E-state index contributed by atoms with van der Waals surface area (Å²) in [4.78, 5) is 0. The minimum Gasteiger partial charge on any atom is -1.00 e. The van der Waals surface area contributed by atoms with Crippen LogP contribution >= 0.6 is 0 Å². The quantitative estimate of drug-likeness (QED) is 0.523. The van der Waals surface area contributed by atoms with Crippen molar-refractivity contribution in [2.75, 3.05) is 0 Å². The van der Waals surface area contributed by atoms with E-state index in [1.54, 1.807) is 0 Å². The molecule has 91 valence electrons. The minimum atomic E-state index is 0. The molecule has 0 aromatic rings. The first kappa shape index (κ1) is 22.2. The third kappa shape index (κ3) is 5.07. The van der Waals surface area contributed by atoms with Crippen LogP contribution in [0, 0.1) is 11.5 Å². The number of hydrogen-bond donors (Lipinski definition) is 0. The molecule has 1 rings (SSSR count). The molecular weight excluding hydrogens is 318 g/mol. The van der Waals surface area contributed by atoms with Crippen molar-refractivity contribution in [3.63, 3.8) is 0 Å². The van der Waals surface area contributed by atoms with Crippen LogP contribution in [-0.2, 0) is 26.2 Å². The molecule has 1 radical (unpaired) electrons. The molecule has 0 saturated heterocycles. The predicted octanol–water partition coefficient (Wildman–Crippen LogP) is -1.71. The Morgan fingerprint density at radius 1 is 1.19 bits per heavy atom. The van der Waals surface area contributed by atoms with E-state index in [1.807, 2.05) is 0 Å². The third-order valence-electron chi connectivity index (χ3n) is 3.35. The smallest absolute Gasteiger partial charge is 1.00 e. The van der Waals surface area contributed by atoms with E-state index in [2.05, 4.69) is 39.0 Å². The van der Waals surface area contributed by atoms with E-state index in [0.29, 0.717) is 5.41 Å². The van der Waals surface area contributed by atoms with E-state index in [1.165, 1.54) is 31.3 Å². The van der Waals surface area contributed by atoms with E-state index in [9.17, 15) is 0 Å². The van der Waals surface area contributed by atoms with Gasteiger partial charge in [-0.15, -0.1) is 6.42 Å². The van der Waals surface area contributed by atoms with Gasteiger partial charge in [-0.2, -0.15) is 6.08 Å². The van der Waals surface area contributed by atoms with E-state index >= 15 is 0 Å². The molecule has 0 unspecified atom stereocenters. The Hall–Kier alpha value is 0.943. The van der Waals surface area contributed by atoms with Crippen molar-refractivity contribution < 1.29 is 51.0 Å². The van der Waals surface area contributed by atoms with Gasteiger partial charge in [-0.3, -0.25) is 6.08 Å². The van der Waals surface area contributed by atoms with E-state index < -0.39 is 0 Å². The molecule has 0 nitrogen and oxygen atoms in total. The molecular formula is C13H21Cl2Zr. The first-order valence-electron chi connectivity index (χ1n) is 5.57. The number of rotatable bonds is 5. The largest absolute Gasteiger partial charge is 3.00 e. The molecule has 1 aliphatic carbocycles. The summed E-state index contributed by atoms with van der Waals surface area (Å²) in [6, 6.07) is 0. The monoisotopic (exact) mass is 337 g/mol. The van der Waals surface area contributed by atoms with Crippen LogP contribution in [0.4, 0.5) is 0 Å². The van der Waals surface area contributed by atoms with Gasteiger partial charge in [-0.05, 0) is 24.7 Å². The minimum absolute atomic E-state index is 0. The second-order valence-electron chi connectivity index (χ2n) is 3.93. The zero-order valence-corrected chi connectivity index (χ0v) is 14.4. The van der Waals surface area contributed by atoms with Gasteiger partial charge in [0.15, 0.2) is 0 Å². The second-order valence-corrected chi connectivity index (χ2v) is 3.93. The van der Waals surface area contributed by atoms with Crippen LogP contribution in [0.1, 0.15) is 52.9 Å². The Bertz CT molecular complexity index is 218. The summed E-state index contributed by atoms with van der Waals surface area (Å²) in [6.45, 7) is 6.89. The van der Waals surface area contributed by atoms with Crippen molar-refractivity contribution >= 4 is 0 Å². The summed E-state index contributed by atoms with van der Waals surface area (Å²) in [5, 5.41) is 0. The van der Waals surface area contributed by atoms with Crippen LogP contribution in [-0.4, -0.2) is 0 Å². The molecule has 0 atom stereocenters. The summed E-state index contributed by atoms with van der Waals surface area (Å²) in [7, 11) is 0. The fourth-order valence-electron chi connectivity index (χ4n) is 2.37. The average molecular weight is 339 g/mol. The van der Waals surface area contributed by atoms with Crippen LogP contribution < -0.4 is 24.8 Å². The van der Waals surface area contributed by atoms with Crippen molar-refractivity contribution in [2.24, 2.45) is 5.41 Å². The molecule has 0 aliphatic heterocycles. The Morgan fingerprint density at radius 3 is 2.06 bits per heavy atom. The summed E-state index contributed by atoms with van der Waals surface area (Å²) in [5.41, 5.74) is 1.90. The van der Waals surface area contributed by atoms with Gasteiger partial charge in [-0.25, -0.2) is 11.6 Å². The zero-order chi connectivity index (χ0) is 9.73. The average Bonchev–Trinajstić information content (AvgIpc) is 2.68. The zero-order valence-electron chi connectivity index (χ0n) is 10.4. The summed E-state index contributed by atoms with van der Waals surface area (Å²) in [6.07, 6.45) is 14.1. The first-order valence-corrected chi connectivity index (χ1v) is 5.57. The van der Waals surface area contributed by atoms with Crippen molar-refractivity contribution in [2.45, 2.75) is 52.9 Å². The predicted molar refractivity (Wildman–Crippen MR) is 58.4 cm³/mol. The van der Waals surface area contributed by atoms with Crippen LogP contribution in [0.5, 0.6) is 0 Å². The van der Waals surface area contributed by atoms with E-state index in [4.69, 9.17) is 0 Å². The fourth-order valence-corrected chi connectivity index (χ4v) is 2.37. The second kappa shape index (κ2) is 11.1. The van der Waals surface area contributed by atoms with Gasteiger partial charge in [-0.1, -0.05) is 27.2 Å². The number of halogens is 2. The van der Waals surface area contributed by atoms with Gasteiger partial charge in [0, 0.05) is 0 Å². The SMILES string of the molecule is CCCC(CC)(CC)C1=[C-]CC=C1.[Cl-].[Cl-].[Zr+3]. The van der Waals surface area contributed by atoms with Crippen molar-refractivity contribution in [3.8, 4) is 0 Å². The molecule has 0 aromatic heterocycles. The first-order chi connectivity index (χ1) is 6.29. The normalized spacial score (nSPS) is 13.3. The standard InChI is InChI=1S/C13H21.2ClH.Zr/c1-4-11-13(5-2,6-3)12-9-7-8-10-12;;;/h7,9H,4-6,8,11H2,1-3H3;2*1H;/q-1;;;+3/p-2. The van der Waals surface area contributed by atoms with Crippen LogP contribution in [0.3, 0.4) is 0 Å². The van der Waals surface area contributed by atoms with Crippen molar-refractivity contribution in [3.05, 3.63) is 23.8 Å². The Kier molecular flexibility index (Phi) is 15.3. The summed E-state index contributed by atoms with van der Waals surface area (Å²) < 4.78 is 0. The maximum absolute atomic E-state index is 3.49. The van der Waals surface area contributed by atoms with Gasteiger partial charge in [0.1, 0.15) is 0 Å². The fraction of sp³-hybridized carbons (Fsp3) is 0.692. The van der Waals surface area contributed by atoms with E-state index in [0.717, 1.165) is 6.42 Å². The summed E-state index contributed by atoms with van der Waals surface area (Å²) in [5.74, 6) is 0. The van der Waals surface area contributed by atoms with Crippen molar-refractivity contribution in [1.82, 2.24) is 0 Å². The molecule has 0 aromatic carbocycles. The maximum Gasteiger partial charge on any atom is 3.00 e. The van der Waals surface area contributed by atoms with Gasteiger partial charge < -0.3 is 24.8 Å². The Morgan fingerprint density at radius 2 is 1.75 bits per heavy atom. The molecule has 3 heteroatoms. The van der Waals surface area contributed by atoms with Crippen LogP contribution in [0.15, 0.2) is 17.7 Å². The molecule has 0 amide bonds. The van der Waals surface area contributed by atoms with Crippen LogP contribution in [0.2, 0.25) is 0 Å². The topological polar surface area (TPSA) is 0 Å². The van der Waals surface area contributed by atoms with Gasteiger partial charge in [0.25, 0.3) is 0 Å². The number of allylic oxidation sites excluding steroid dienone is 4. The molecule has 16 heavy (non-hydrogen) atoms. The summed E-state index contributed by atoms with van der Waals surface area (Å²) >= 11 is 0. The Balaban J connectivity index is -0.000000563. The van der Waals surface area contributed by atoms with Gasteiger partial charge in [0.05, 0.1) is 0 Å².